The summed E-state index contributed by atoms with van der Waals surface area (Å²) >= 11 is 0. The average Bonchev–Trinajstić information content (AvgIpc) is 2.67. The molecule has 6 nitrogen and oxygen atoms in total. The molecule has 1 N–H and O–H groups in total. The predicted octanol–water partition coefficient (Wildman–Crippen LogP) is 3.76. The molecule has 2 rings (SSSR count). The number of hydrogen-bond acceptors (Lipinski definition) is 4. The Morgan fingerprint density at radius 2 is 1.59 bits per heavy atom. The molecule has 0 unspecified atom stereocenters. The number of para-hydroxylation sites is 2. The maximum atomic E-state index is 12.6. The molecule has 0 aromatic heterocycles. The van der Waals surface area contributed by atoms with Crippen molar-refractivity contribution in [1.29, 1.82) is 0 Å². The standard InChI is InChI=1S/C20H26N2O4S/c1-4-14-22(15-5-2)20(23)16-10-12-17(13-11-16)27(24,25)21-18-8-6-7-9-19(18)26-3/h6-13,21H,4-5,14-15H2,1-3H3. The number of anilines is 1. The number of ether oxygens (including phenoxy) is 1. The lowest BCUT2D eigenvalue weighted by Gasteiger charge is -2.21. The fourth-order valence-electron chi connectivity index (χ4n) is 2.75. The van der Waals surface area contributed by atoms with E-state index in [0.29, 0.717) is 30.1 Å². The number of benzene rings is 2. The monoisotopic (exact) mass is 390 g/mol. The summed E-state index contributed by atoms with van der Waals surface area (Å²) in [5.74, 6) is 0.350. The van der Waals surface area contributed by atoms with E-state index in [4.69, 9.17) is 4.74 Å². The van der Waals surface area contributed by atoms with Crippen LogP contribution in [0.2, 0.25) is 0 Å². The number of sulfonamides is 1. The van der Waals surface area contributed by atoms with Crippen molar-refractivity contribution in [3.63, 3.8) is 0 Å². The molecule has 0 atom stereocenters. The van der Waals surface area contributed by atoms with Gasteiger partial charge in [0.25, 0.3) is 15.9 Å². The van der Waals surface area contributed by atoms with Gasteiger partial charge in [-0.1, -0.05) is 26.0 Å². The molecule has 0 spiro atoms. The Balaban J connectivity index is 2.21. The molecule has 7 heteroatoms. The Morgan fingerprint density at radius 3 is 2.15 bits per heavy atom. The molecule has 146 valence electrons. The van der Waals surface area contributed by atoms with E-state index in [1.165, 1.54) is 19.2 Å². The zero-order valence-electron chi connectivity index (χ0n) is 15.9. The van der Waals surface area contributed by atoms with E-state index in [-0.39, 0.29) is 10.8 Å². The second-order valence-electron chi connectivity index (χ2n) is 6.12. The number of rotatable bonds is 9. The summed E-state index contributed by atoms with van der Waals surface area (Å²) < 4.78 is 32.9. The minimum Gasteiger partial charge on any atom is -0.495 e. The van der Waals surface area contributed by atoms with Crippen LogP contribution in [0, 0.1) is 0 Å². The first-order valence-corrected chi connectivity index (χ1v) is 10.5. The van der Waals surface area contributed by atoms with Crippen LogP contribution in [0.1, 0.15) is 37.0 Å². The molecule has 0 saturated heterocycles. The molecule has 0 aliphatic heterocycles. The lowest BCUT2D eigenvalue weighted by molar-refractivity contribution is 0.0755. The van der Waals surface area contributed by atoms with Crippen LogP contribution in [0.3, 0.4) is 0 Å². The van der Waals surface area contributed by atoms with Gasteiger partial charge in [0.2, 0.25) is 0 Å². The zero-order chi connectivity index (χ0) is 19.9. The first-order valence-electron chi connectivity index (χ1n) is 8.98. The van der Waals surface area contributed by atoms with Crippen LogP contribution < -0.4 is 9.46 Å². The van der Waals surface area contributed by atoms with Crippen molar-refractivity contribution in [2.24, 2.45) is 0 Å². The van der Waals surface area contributed by atoms with Gasteiger partial charge in [-0.25, -0.2) is 8.42 Å². The topological polar surface area (TPSA) is 75.7 Å². The SMILES string of the molecule is CCCN(CCC)C(=O)c1ccc(S(=O)(=O)Nc2ccccc2OC)cc1. The highest BCUT2D eigenvalue weighted by atomic mass is 32.2. The van der Waals surface area contributed by atoms with E-state index in [0.717, 1.165) is 12.8 Å². The van der Waals surface area contributed by atoms with Crippen molar-refractivity contribution in [3.8, 4) is 5.75 Å². The number of carbonyl (C=O) groups is 1. The van der Waals surface area contributed by atoms with Crippen LogP contribution in [-0.4, -0.2) is 39.4 Å². The van der Waals surface area contributed by atoms with E-state index >= 15 is 0 Å². The smallest absolute Gasteiger partial charge is 0.262 e. The first kappa shape index (κ1) is 20.8. The Labute approximate surface area is 161 Å². The van der Waals surface area contributed by atoms with Crippen molar-refractivity contribution in [2.75, 3.05) is 24.9 Å². The number of methoxy groups -OCH3 is 1. The third kappa shape index (κ3) is 5.23. The van der Waals surface area contributed by atoms with Crippen molar-refractivity contribution in [1.82, 2.24) is 4.90 Å². The third-order valence-corrected chi connectivity index (χ3v) is 5.42. The fourth-order valence-corrected chi connectivity index (χ4v) is 3.82. The zero-order valence-corrected chi connectivity index (χ0v) is 16.8. The van der Waals surface area contributed by atoms with Crippen molar-refractivity contribution >= 4 is 21.6 Å². The highest BCUT2D eigenvalue weighted by Gasteiger charge is 2.19. The molecule has 0 radical (unpaired) electrons. The maximum Gasteiger partial charge on any atom is 0.262 e. The summed E-state index contributed by atoms with van der Waals surface area (Å²) in [5.41, 5.74) is 0.838. The predicted molar refractivity (Wildman–Crippen MR) is 107 cm³/mol. The molecule has 27 heavy (non-hydrogen) atoms. The molecule has 0 aliphatic rings. The van der Waals surface area contributed by atoms with Crippen LogP contribution >= 0.6 is 0 Å². The van der Waals surface area contributed by atoms with E-state index in [2.05, 4.69) is 4.72 Å². The summed E-state index contributed by atoms with van der Waals surface area (Å²) in [6.45, 7) is 5.41. The summed E-state index contributed by atoms with van der Waals surface area (Å²) in [6, 6.07) is 12.8. The molecule has 2 aromatic rings. The van der Waals surface area contributed by atoms with Gasteiger partial charge in [-0.05, 0) is 49.2 Å². The Bertz CT molecular complexity index is 858. The van der Waals surface area contributed by atoms with Gasteiger partial charge in [0.1, 0.15) is 5.75 Å². The lowest BCUT2D eigenvalue weighted by Crippen LogP contribution is -2.32. The van der Waals surface area contributed by atoms with Gasteiger partial charge in [0.15, 0.2) is 0 Å². The van der Waals surface area contributed by atoms with Crippen LogP contribution in [0.15, 0.2) is 53.4 Å². The van der Waals surface area contributed by atoms with Crippen molar-refractivity contribution in [2.45, 2.75) is 31.6 Å². The molecule has 0 aliphatic carbocycles. The fraction of sp³-hybridized carbons (Fsp3) is 0.350. The molecular weight excluding hydrogens is 364 g/mol. The van der Waals surface area contributed by atoms with Gasteiger partial charge in [0.05, 0.1) is 17.7 Å². The van der Waals surface area contributed by atoms with Gasteiger partial charge in [-0.3, -0.25) is 9.52 Å². The third-order valence-electron chi connectivity index (χ3n) is 4.04. The summed E-state index contributed by atoms with van der Waals surface area (Å²) in [7, 11) is -2.31. The molecule has 0 fully saturated rings. The van der Waals surface area contributed by atoms with Gasteiger partial charge < -0.3 is 9.64 Å². The normalized spacial score (nSPS) is 11.1. The average molecular weight is 391 g/mol. The van der Waals surface area contributed by atoms with E-state index in [9.17, 15) is 13.2 Å². The number of nitrogens with one attached hydrogen (secondary N) is 1. The quantitative estimate of drug-likeness (QED) is 0.707. The Hall–Kier alpha value is -2.54. The highest BCUT2D eigenvalue weighted by Crippen LogP contribution is 2.26. The second kappa shape index (κ2) is 9.41. The molecular formula is C20H26N2O4S. The van der Waals surface area contributed by atoms with Gasteiger partial charge in [-0.15, -0.1) is 0 Å². The molecule has 1 amide bonds. The van der Waals surface area contributed by atoms with Crippen molar-refractivity contribution < 1.29 is 17.9 Å². The molecule has 2 aromatic carbocycles. The molecule has 0 saturated carbocycles. The molecule has 0 heterocycles. The van der Waals surface area contributed by atoms with Crippen LogP contribution in [-0.2, 0) is 10.0 Å². The van der Waals surface area contributed by atoms with E-state index < -0.39 is 10.0 Å². The number of amides is 1. The highest BCUT2D eigenvalue weighted by molar-refractivity contribution is 7.92. The lowest BCUT2D eigenvalue weighted by atomic mass is 10.2. The van der Waals surface area contributed by atoms with Crippen LogP contribution in [0.5, 0.6) is 5.75 Å². The Kier molecular flexibility index (Phi) is 7.24. The molecule has 0 bridgehead atoms. The second-order valence-corrected chi connectivity index (χ2v) is 7.80. The van der Waals surface area contributed by atoms with E-state index in [1.54, 1.807) is 41.3 Å². The number of carbonyl (C=O) groups excluding carboxylic acids is 1. The summed E-state index contributed by atoms with van der Waals surface area (Å²) in [5, 5.41) is 0. The number of hydrogen-bond donors (Lipinski definition) is 1. The summed E-state index contributed by atoms with van der Waals surface area (Å²) in [4.78, 5) is 14.5. The maximum absolute atomic E-state index is 12.6. The number of nitrogens with zero attached hydrogens (tertiary/aromatic N) is 1. The Morgan fingerprint density at radius 1 is 1.00 bits per heavy atom. The largest absolute Gasteiger partial charge is 0.495 e. The first-order chi connectivity index (χ1) is 12.9. The van der Waals surface area contributed by atoms with Crippen molar-refractivity contribution in [3.05, 3.63) is 54.1 Å². The minimum absolute atomic E-state index is 0.0830. The van der Waals surface area contributed by atoms with Crippen LogP contribution in [0.25, 0.3) is 0 Å². The van der Waals surface area contributed by atoms with E-state index in [1.807, 2.05) is 13.8 Å². The van der Waals surface area contributed by atoms with Crippen LogP contribution in [0.4, 0.5) is 5.69 Å². The van der Waals surface area contributed by atoms with Gasteiger partial charge in [-0.2, -0.15) is 0 Å². The van der Waals surface area contributed by atoms with Gasteiger partial charge in [0, 0.05) is 18.7 Å². The van der Waals surface area contributed by atoms with Gasteiger partial charge >= 0.3 is 0 Å². The summed E-state index contributed by atoms with van der Waals surface area (Å²) in [6.07, 6.45) is 1.75. The minimum atomic E-state index is -3.78.